The normalized spacial score (nSPS) is 11.5. The number of halogens is 2. The van der Waals surface area contributed by atoms with Gasteiger partial charge in [0.25, 0.3) is 0 Å². The highest BCUT2D eigenvalue weighted by molar-refractivity contribution is 9.10. The fraction of sp³-hybridized carbons (Fsp3) is 0.0625. The van der Waals surface area contributed by atoms with Gasteiger partial charge in [-0.3, -0.25) is 4.98 Å². The smallest absolute Gasteiger partial charge is 0.343 e. The molecule has 0 aliphatic heterocycles. The van der Waals surface area contributed by atoms with Crippen LogP contribution in [0.15, 0.2) is 58.0 Å². The number of benzene rings is 2. The molecule has 124 valence electrons. The Morgan fingerprint density at radius 2 is 1.92 bits per heavy atom. The highest BCUT2D eigenvalue weighted by atomic mass is 79.9. The third-order valence-corrected chi connectivity index (χ3v) is 5.29. The van der Waals surface area contributed by atoms with Crippen molar-refractivity contribution in [2.75, 3.05) is 7.11 Å². The number of aromatic nitrogens is 1. The first-order valence-electron chi connectivity index (χ1n) is 6.73. The van der Waals surface area contributed by atoms with Crippen LogP contribution in [0.4, 0.5) is 0 Å². The van der Waals surface area contributed by atoms with Crippen molar-refractivity contribution in [2.24, 2.45) is 0 Å². The van der Waals surface area contributed by atoms with Crippen molar-refractivity contribution in [3.8, 4) is 11.5 Å². The Bertz CT molecular complexity index is 1020. The van der Waals surface area contributed by atoms with Crippen molar-refractivity contribution >= 4 is 48.6 Å². The van der Waals surface area contributed by atoms with Crippen molar-refractivity contribution in [3.05, 3.63) is 58.2 Å². The molecule has 0 spiro atoms. The van der Waals surface area contributed by atoms with E-state index in [1.807, 2.05) is 12.1 Å². The molecule has 0 N–H and O–H groups in total. The molecule has 8 heteroatoms. The molecule has 1 heterocycles. The van der Waals surface area contributed by atoms with Crippen molar-refractivity contribution in [1.82, 2.24) is 4.98 Å². The molecule has 5 nitrogen and oxygen atoms in total. The minimum absolute atomic E-state index is 0.118. The molecule has 0 amide bonds. The van der Waals surface area contributed by atoms with Gasteiger partial charge >= 0.3 is 10.1 Å². The summed E-state index contributed by atoms with van der Waals surface area (Å²) in [6.07, 6.45) is 1.57. The zero-order valence-electron chi connectivity index (χ0n) is 12.4. The summed E-state index contributed by atoms with van der Waals surface area (Å²) in [5.74, 6) is 0.249. The van der Waals surface area contributed by atoms with Gasteiger partial charge in [0.1, 0.15) is 5.52 Å². The third kappa shape index (κ3) is 3.19. The molecule has 1 aromatic heterocycles. The molecule has 2 aromatic carbocycles. The van der Waals surface area contributed by atoms with Crippen molar-refractivity contribution in [2.45, 2.75) is 4.90 Å². The SMILES string of the molecule is COc1c(Br)cc(Cl)cc1S(=O)(=O)Oc1cccc2cccnc12. The fourth-order valence-corrected chi connectivity index (χ4v) is 4.55. The molecule has 0 aliphatic rings. The molecular formula is C16H11BrClNO4S. The molecular weight excluding hydrogens is 418 g/mol. The maximum atomic E-state index is 12.7. The average molecular weight is 429 g/mol. The summed E-state index contributed by atoms with van der Waals surface area (Å²) in [5, 5.41) is 1.00. The molecule has 3 rings (SSSR count). The topological polar surface area (TPSA) is 65.5 Å². The Balaban J connectivity index is 2.12. The summed E-state index contributed by atoms with van der Waals surface area (Å²) in [6.45, 7) is 0. The standard InChI is InChI=1S/C16H11BrClNO4S/c1-22-16-12(17)8-11(18)9-14(16)24(20,21)23-13-6-2-4-10-5-3-7-19-15(10)13/h2-9H,1H3. The van der Waals surface area contributed by atoms with Gasteiger partial charge in [-0.25, -0.2) is 0 Å². The summed E-state index contributed by atoms with van der Waals surface area (Å²) in [4.78, 5) is 4.01. The number of hydrogen-bond acceptors (Lipinski definition) is 5. The Morgan fingerprint density at radius 1 is 1.17 bits per heavy atom. The van der Waals surface area contributed by atoms with E-state index in [4.69, 9.17) is 20.5 Å². The van der Waals surface area contributed by atoms with E-state index in [1.165, 1.54) is 13.2 Å². The van der Waals surface area contributed by atoms with E-state index in [9.17, 15) is 8.42 Å². The van der Waals surface area contributed by atoms with E-state index in [0.717, 1.165) is 5.39 Å². The van der Waals surface area contributed by atoms with E-state index in [-0.39, 0.29) is 21.4 Å². The summed E-state index contributed by atoms with van der Waals surface area (Å²) in [6, 6.07) is 11.4. The second-order valence-corrected chi connectivity index (χ2v) is 7.59. The van der Waals surface area contributed by atoms with E-state index in [0.29, 0.717) is 9.99 Å². The first-order valence-corrected chi connectivity index (χ1v) is 9.31. The van der Waals surface area contributed by atoms with Gasteiger partial charge in [-0.15, -0.1) is 0 Å². The molecule has 0 atom stereocenters. The molecule has 0 radical (unpaired) electrons. The summed E-state index contributed by atoms with van der Waals surface area (Å²) < 4.78 is 36.3. The van der Waals surface area contributed by atoms with Crippen LogP contribution in [0.5, 0.6) is 11.5 Å². The fourth-order valence-electron chi connectivity index (χ4n) is 2.23. The number of fused-ring (bicyclic) bond motifs is 1. The van der Waals surface area contributed by atoms with Crippen molar-refractivity contribution in [1.29, 1.82) is 0 Å². The van der Waals surface area contributed by atoms with Crippen LogP contribution >= 0.6 is 27.5 Å². The molecule has 0 saturated carbocycles. The average Bonchev–Trinajstić information content (AvgIpc) is 2.54. The van der Waals surface area contributed by atoms with Gasteiger partial charge in [0.05, 0.1) is 11.6 Å². The van der Waals surface area contributed by atoms with Crippen LogP contribution in [0.1, 0.15) is 0 Å². The maximum absolute atomic E-state index is 12.7. The van der Waals surface area contributed by atoms with Crippen molar-refractivity contribution < 1.29 is 17.3 Å². The Morgan fingerprint density at radius 3 is 2.67 bits per heavy atom. The number of ether oxygens (including phenoxy) is 1. The Kier molecular flexibility index (Phi) is 4.67. The van der Waals surface area contributed by atoms with Gasteiger partial charge in [-0.1, -0.05) is 29.8 Å². The van der Waals surface area contributed by atoms with E-state index >= 15 is 0 Å². The van der Waals surface area contributed by atoms with Gasteiger partial charge in [0, 0.05) is 16.6 Å². The van der Waals surface area contributed by atoms with Crippen LogP contribution in [0, 0.1) is 0 Å². The predicted molar refractivity (Wildman–Crippen MR) is 95.3 cm³/mol. The van der Waals surface area contributed by atoms with Crippen LogP contribution in [0.3, 0.4) is 0 Å². The lowest BCUT2D eigenvalue weighted by Crippen LogP contribution is -2.12. The molecule has 3 aromatic rings. The van der Waals surface area contributed by atoms with Gasteiger partial charge in [-0.2, -0.15) is 8.42 Å². The second-order valence-electron chi connectivity index (χ2n) is 4.79. The quantitative estimate of drug-likeness (QED) is 0.575. The highest BCUT2D eigenvalue weighted by Gasteiger charge is 2.25. The zero-order valence-corrected chi connectivity index (χ0v) is 15.5. The number of rotatable bonds is 4. The van der Waals surface area contributed by atoms with Crippen molar-refractivity contribution in [3.63, 3.8) is 0 Å². The number of hydrogen-bond donors (Lipinski definition) is 0. The minimum Gasteiger partial charge on any atom is -0.494 e. The number of nitrogens with zero attached hydrogens (tertiary/aromatic N) is 1. The third-order valence-electron chi connectivity index (χ3n) is 3.24. The molecule has 24 heavy (non-hydrogen) atoms. The first kappa shape index (κ1) is 17.0. The van der Waals surface area contributed by atoms with Gasteiger partial charge in [0.2, 0.25) is 0 Å². The van der Waals surface area contributed by atoms with Gasteiger partial charge in [-0.05, 0) is 40.2 Å². The molecule has 0 saturated heterocycles. The zero-order chi connectivity index (χ0) is 17.3. The summed E-state index contributed by atoms with van der Waals surface area (Å²) in [5.41, 5.74) is 0.448. The van der Waals surface area contributed by atoms with Crippen LogP contribution in [-0.2, 0) is 10.1 Å². The van der Waals surface area contributed by atoms with Crippen LogP contribution in [0.2, 0.25) is 5.02 Å². The number of para-hydroxylation sites is 1. The predicted octanol–water partition coefficient (Wildman–Crippen LogP) is 4.43. The summed E-state index contributed by atoms with van der Waals surface area (Å²) >= 11 is 9.20. The monoisotopic (exact) mass is 427 g/mol. The molecule has 0 bridgehead atoms. The van der Waals surface area contributed by atoms with E-state index in [2.05, 4.69) is 20.9 Å². The molecule has 0 unspecified atom stereocenters. The molecule has 0 aliphatic carbocycles. The van der Waals surface area contributed by atoms with E-state index < -0.39 is 10.1 Å². The number of methoxy groups -OCH3 is 1. The highest BCUT2D eigenvalue weighted by Crippen LogP contribution is 2.37. The summed E-state index contributed by atoms with van der Waals surface area (Å²) in [7, 11) is -2.80. The lowest BCUT2D eigenvalue weighted by molar-refractivity contribution is 0.395. The molecule has 0 fully saturated rings. The maximum Gasteiger partial charge on any atom is 0.343 e. The van der Waals surface area contributed by atoms with E-state index in [1.54, 1.807) is 30.5 Å². The Hall–Kier alpha value is -1.83. The van der Waals surface area contributed by atoms with Gasteiger partial charge < -0.3 is 8.92 Å². The Labute approximate surface area is 152 Å². The van der Waals surface area contributed by atoms with Gasteiger partial charge in [0.15, 0.2) is 16.4 Å². The second kappa shape index (κ2) is 6.58. The lowest BCUT2D eigenvalue weighted by atomic mass is 10.2. The minimum atomic E-state index is -4.17. The van der Waals surface area contributed by atoms with Crippen LogP contribution < -0.4 is 8.92 Å². The van der Waals surface area contributed by atoms with Crippen LogP contribution in [-0.4, -0.2) is 20.5 Å². The largest absolute Gasteiger partial charge is 0.494 e. The lowest BCUT2D eigenvalue weighted by Gasteiger charge is -2.13. The first-order chi connectivity index (χ1) is 11.4. The van der Waals surface area contributed by atoms with Crippen LogP contribution in [0.25, 0.3) is 10.9 Å². The number of pyridine rings is 1.